The fourth-order valence-corrected chi connectivity index (χ4v) is 2.06. The van der Waals surface area contributed by atoms with Gasteiger partial charge in [-0.3, -0.25) is 0 Å². The molecule has 4 heteroatoms. The van der Waals surface area contributed by atoms with Gasteiger partial charge in [0.15, 0.2) is 0 Å². The molecule has 1 aliphatic heterocycles. The van der Waals surface area contributed by atoms with E-state index in [1.807, 2.05) is 0 Å². The van der Waals surface area contributed by atoms with E-state index >= 15 is 0 Å². The minimum Gasteiger partial charge on any atom is -0.383 e. The van der Waals surface area contributed by atoms with Gasteiger partial charge in [-0.2, -0.15) is 0 Å². The molecular weight excluding hydrogens is 200 g/mol. The van der Waals surface area contributed by atoms with Crippen LogP contribution in [0.3, 0.4) is 0 Å². The first-order chi connectivity index (χ1) is 7.02. The molecule has 0 aromatic heterocycles. The monoisotopic (exact) mass is 213 g/mol. The summed E-state index contributed by atoms with van der Waals surface area (Å²) in [5.74, 6) is -1.31. The van der Waals surface area contributed by atoms with Crippen LogP contribution in [0.1, 0.15) is 18.9 Å². The zero-order valence-electron chi connectivity index (χ0n) is 8.43. The lowest BCUT2D eigenvalue weighted by Gasteiger charge is -2.27. The topological polar surface area (TPSA) is 32.3 Å². The van der Waals surface area contributed by atoms with Crippen LogP contribution in [0.15, 0.2) is 18.2 Å². The summed E-state index contributed by atoms with van der Waals surface area (Å²) in [6.45, 7) is 2.45. The molecular formula is C11H13F2NO. The Labute approximate surface area is 86.9 Å². The third kappa shape index (κ3) is 1.75. The van der Waals surface area contributed by atoms with Crippen molar-refractivity contribution in [1.82, 2.24) is 5.32 Å². The standard InChI is InChI=1S/C11H13F2NO/c1-7-11(15,2-3-14-7)8-4-9(12)6-10(13)5-8/h4-7,14-15H,2-3H2,1H3. The normalized spacial score (nSPS) is 30.8. The number of hydrogen-bond acceptors (Lipinski definition) is 2. The molecule has 1 saturated heterocycles. The van der Waals surface area contributed by atoms with E-state index in [1.54, 1.807) is 6.92 Å². The highest BCUT2D eigenvalue weighted by atomic mass is 19.1. The van der Waals surface area contributed by atoms with Crippen LogP contribution in [0.2, 0.25) is 0 Å². The van der Waals surface area contributed by atoms with Gasteiger partial charge in [0.25, 0.3) is 0 Å². The number of nitrogens with one attached hydrogen (secondary N) is 1. The minimum atomic E-state index is -1.16. The molecule has 1 fully saturated rings. The molecule has 2 atom stereocenters. The Bertz CT molecular complexity index is 363. The molecule has 1 aromatic carbocycles. The molecule has 0 aliphatic carbocycles. The SMILES string of the molecule is CC1NCCC1(O)c1cc(F)cc(F)c1. The lowest BCUT2D eigenvalue weighted by molar-refractivity contribution is 0.0287. The van der Waals surface area contributed by atoms with Gasteiger partial charge in [0, 0.05) is 12.1 Å². The zero-order chi connectivity index (χ0) is 11.1. The fraction of sp³-hybridized carbons (Fsp3) is 0.455. The maximum Gasteiger partial charge on any atom is 0.126 e. The van der Waals surface area contributed by atoms with Gasteiger partial charge in [-0.1, -0.05) is 0 Å². The number of halogens is 2. The van der Waals surface area contributed by atoms with Crippen molar-refractivity contribution in [3.8, 4) is 0 Å². The van der Waals surface area contributed by atoms with Crippen molar-refractivity contribution in [2.24, 2.45) is 0 Å². The number of aliphatic hydroxyl groups is 1. The Morgan fingerprint density at radius 2 is 1.93 bits per heavy atom. The van der Waals surface area contributed by atoms with Gasteiger partial charge < -0.3 is 10.4 Å². The van der Waals surface area contributed by atoms with Crippen LogP contribution in [-0.4, -0.2) is 17.7 Å². The van der Waals surface area contributed by atoms with Crippen LogP contribution in [0.25, 0.3) is 0 Å². The average Bonchev–Trinajstić information content (AvgIpc) is 2.47. The molecule has 2 N–H and O–H groups in total. The Morgan fingerprint density at radius 1 is 1.33 bits per heavy atom. The molecule has 0 radical (unpaired) electrons. The van der Waals surface area contributed by atoms with E-state index in [-0.39, 0.29) is 6.04 Å². The maximum absolute atomic E-state index is 13.0. The zero-order valence-corrected chi connectivity index (χ0v) is 8.43. The number of hydrogen-bond donors (Lipinski definition) is 2. The van der Waals surface area contributed by atoms with Gasteiger partial charge in [0.05, 0.1) is 0 Å². The maximum atomic E-state index is 13.0. The van der Waals surface area contributed by atoms with Crippen LogP contribution >= 0.6 is 0 Å². The largest absolute Gasteiger partial charge is 0.383 e. The van der Waals surface area contributed by atoms with Gasteiger partial charge in [0.2, 0.25) is 0 Å². The predicted molar refractivity (Wildman–Crippen MR) is 52.3 cm³/mol. The summed E-state index contributed by atoms with van der Waals surface area (Å²) in [7, 11) is 0. The molecule has 0 bridgehead atoms. The number of benzene rings is 1. The lowest BCUT2D eigenvalue weighted by atomic mass is 9.87. The third-order valence-corrected chi connectivity index (χ3v) is 3.04. The van der Waals surface area contributed by atoms with Crippen molar-refractivity contribution in [3.63, 3.8) is 0 Å². The molecule has 15 heavy (non-hydrogen) atoms. The van der Waals surface area contributed by atoms with Gasteiger partial charge in [0.1, 0.15) is 17.2 Å². The second-order valence-electron chi connectivity index (χ2n) is 4.01. The molecule has 2 nitrogen and oxygen atoms in total. The Balaban J connectivity index is 2.44. The van der Waals surface area contributed by atoms with Crippen molar-refractivity contribution >= 4 is 0 Å². The summed E-state index contributed by atoms with van der Waals surface area (Å²) in [5.41, 5.74) is -0.861. The smallest absolute Gasteiger partial charge is 0.126 e. The summed E-state index contributed by atoms with van der Waals surface area (Å²) in [5, 5.41) is 13.3. The molecule has 1 aliphatic rings. The molecule has 0 saturated carbocycles. The van der Waals surface area contributed by atoms with E-state index < -0.39 is 17.2 Å². The van der Waals surface area contributed by atoms with Crippen LogP contribution < -0.4 is 5.32 Å². The molecule has 1 aromatic rings. The van der Waals surface area contributed by atoms with E-state index in [0.29, 0.717) is 18.5 Å². The van der Waals surface area contributed by atoms with E-state index in [0.717, 1.165) is 6.07 Å². The van der Waals surface area contributed by atoms with Crippen molar-refractivity contribution in [1.29, 1.82) is 0 Å². The first-order valence-corrected chi connectivity index (χ1v) is 4.95. The van der Waals surface area contributed by atoms with Crippen LogP contribution in [0.4, 0.5) is 8.78 Å². The fourth-order valence-electron chi connectivity index (χ4n) is 2.06. The molecule has 0 amide bonds. The predicted octanol–water partition coefficient (Wildman–Crippen LogP) is 1.53. The highest BCUT2D eigenvalue weighted by Crippen LogP contribution is 2.33. The van der Waals surface area contributed by atoms with Crippen molar-refractivity contribution in [2.75, 3.05) is 6.54 Å². The summed E-state index contributed by atoms with van der Waals surface area (Å²) in [6.07, 6.45) is 0.469. The minimum absolute atomic E-state index is 0.196. The van der Waals surface area contributed by atoms with Crippen LogP contribution in [0, 0.1) is 11.6 Å². The Morgan fingerprint density at radius 3 is 2.40 bits per heavy atom. The van der Waals surface area contributed by atoms with Gasteiger partial charge >= 0.3 is 0 Å². The second-order valence-corrected chi connectivity index (χ2v) is 4.01. The van der Waals surface area contributed by atoms with Crippen molar-refractivity contribution < 1.29 is 13.9 Å². The summed E-state index contributed by atoms with van der Waals surface area (Å²) < 4.78 is 26.0. The van der Waals surface area contributed by atoms with Gasteiger partial charge in [-0.25, -0.2) is 8.78 Å². The molecule has 1 heterocycles. The molecule has 2 rings (SSSR count). The first-order valence-electron chi connectivity index (χ1n) is 4.95. The number of rotatable bonds is 1. The highest BCUT2D eigenvalue weighted by molar-refractivity contribution is 5.27. The Hall–Kier alpha value is -1.00. The van der Waals surface area contributed by atoms with Gasteiger partial charge in [-0.15, -0.1) is 0 Å². The summed E-state index contributed by atoms with van der Waals surface area (Å²) in [6, 6.07) is 2.98. The van der Waals surface area contributed by atoms with Crippen molar-refractivity contribution in [2.45, 2.75) is 25.0 Å². The summed E-state index contributed by atoms with van der Waals surface area (Å²) in [4.78, 5) is 0. The van der Waals surface area contributed by atoms with Crippen LogP contribution in [-0.2, 0) is 5.60 Å². The third-order valence-electron chi connectivity index (χ3n) is 3.04. The van der Waals surface area contributed by atoms with E-state index in [9.17, 15) is 13.9 Å². The second kappa shape index (κ2) is 3.54. The lowest BCUT2D eigenvalue weighted by Crippen LogP contribution is -2.37. The average molecular weight is 213 g/mol. The molecule has 0 spiro atoms. The van der Waals surface area contributed by atoms with E-state index in [2.05, 4.69) is 5.32 Å². The van der Waals surface area contributed by atoms with E-state index in [4.69, 9.17) is 0 Å². The summed E-state index contributed by atoms with van der Waals surface area (Å²) >= 11 is 0. The van der Waals surface area contributed by atoms with Gasteiger partial charge in [-0.05, 0) is 37.6 Å². The highest BCUT2D eigenvalue weighted by Gasteiger charge is 2.40. The molecule has 2 unspecified atom stereocenters. The van der Waals surface area contributed by atoms with Crippen LogP contribution in [0.5, 0.6) is 0 Å². The quantitative estimate of drug-likeness (QED) is 0.741. The van der Waals surface area contributed by atoms with E-state index in [1.165, 1.54) is 12.1 Å². The van der Waals surface area contributed by atoms with Crippen molar-refractivity contribution in [3.05, 3.63) is 35.4 Å². The molecule has 82 valence electrons. The first kappa shape index (κ1) is 10.5. The Kier molecular flexibility index (Phi) is 2.48.